The van der Waals surface area contributed by atoms with E-state index >= 15 is 0 Å². The number of anilines is 1. The van der Waals surface area contributed by atoms with Gasteiger partial charge in [-0.2, -0.15) is 0 Å². The van der Waals surface area contributed by atoms with Crippen molar-refractivity contribution >= 4 is 18.1 Å². The molecular weight excluding hydrogens is 234 g/mol. The highest BCUT2D eigenvalue weighted by Crippen LogP contribution is 2.25. The number of benzene rings is 1. The van der Waals surface area contributed by atoms with Gasteiger partial charge in [0.15, 0.2) is 6.29 Å². The van der Waals surface area contributed by atoms with Crippen LogP contribution < -0.4 is 5.32 Å². The lowest BCUT2D eigenvalue weighted by Crippen LogP contribution is -2.27. The molecular formula is C13H17NO4. The van der Waals surface area contributed by atoms with Crippen molar-refractivity contribution in [3.05, 3.63) is 23.3 Å². The second kappa shape index (κ2) is 5.08. The predicted molar refractivity (Wildman–Crippen MR) is 68.1 cm³/mol. The number of phenols is 1. The topological polar surface area (TPSA) is 75.6 Å². The van der Waals surface area contributed by atoms with Gasteiger partial charge in [0, 0.05) is 5.69 Å². The number of phenolic OH excluding ortho intramolecular Hbond substituents is 1. The minimum Gasteiger partial charge on any atom is -0.507 e. The molecule has 5 nitrogen and oxygen atoms in total. The first-order valence-corrected chi connectivity index (χ1v) is 5.52. The molecule has 2 N–H and O–H groups in total. The van der Waals surface area contributed by atoms with Crippen LogP contribution in [-0.4, -0.2) is 23.1 Å². The van der Waals surface area contributed by atoms with E-state index in [-0.39, 0.29) is 11.3 Å². The molecule has 0 bridgehead atoms. The zero-order valence-electron chi connectivity index (χ0n) is 10.9. The lowest BCUT2D eigenvalue weighted by molar-refractivity contribution is 0.0635. The third-order valence-electron chi connectivity index (χ3n) is 2.10. The Hall–Kier alpha value is -2.04. The molecule has 0 aliphatic carbocycles. The number of aromatic hydroxyl groups is 1. The van der Waals surface area contributed by atoms with E-state index in [4.69, 9.17) is 4.74 Å². The number of rotatable bonds is 2. The van der Waals surface area contributed by atoms with Gasteiger partial charge in [-0.25, -0.2) is 4.79 Å². The standard InChI is InChI=1S/C13H17NO4/c1-8-5-10(6-9(7-15)11(8)16)14-12(17)18-13(2,3)4/h5-7,16H,1-4H3,(H,14,17). The zero-order valence-corrected chi connectivity index (χ0v) is 10.9. The van der Waals surface area contributed by atoms with Crippen molar-refractivity contribution in [2.24, 2.45) is 0 Å². The van der Waals surface area contributed by atoms with E-state index in [1.807, 2.05) is 0 Å². The van der Waals surface area contributed by atoms with Gasteiger partial charge in [0.25, 0.3) is 0 Å². The molecule has 18 heavy (non-hydrogen) atoms. The highest BCUT2D eigenvalue weighted by atomic mass is 16.6. The van der Waals surface area contributed by atoms with Crippen LogP contribution in [0.5, 0.6) is 5.75 Å². The van der Waals surface area contributed by atoms with E-state index in [2.05, 4.69) is 5.32 Å². The summed E-state index contributed by atoms with van der Waals surface area (Å²) in [5, 5.41) is 12.1. The third-order valence-corrected chi connectivity index (χ3v) is 2.10. The van der Waals surface area contributed by atoms with E-state index in [9.17, 15) is 14.7 Å². The van der Waals surface area contributed by atoms with Gasteiger partial charge in [0.2, 0.25) is 0 Å². The lowest BCUT2D eigenvalue weighted by atomic mass is 10.1. The van der Waals surface area contributed by atoms with Crippen LogP contribution in [0.3, 0.4) is 0 Å². The normalized spacial score (nSPS) is 10.9. The molecule has 0 aliphatic heterocycles. The average Bonchev–Trinajstić information content (AvgIpc) is 2.20. The first-order chi connectivity index (χ1) is 8.23. The quantitative estimate of drug-likeness (QED) is 0.626. The Morgan fingerprint density at radius 1 is 1.39 bits per heavy atom. The van der Waals surface area contributed by atoms with Crippen LogP contribution in [0.25, 0.3) is 0 Å². The Balaban J connectivity index is 2.89. The van der Waals surface area contributed by atoms with Crippen LogP contribution in [0.15, 0.2) is 12.1 Å². The van der Waals surface area contributed by atoms with Crippen LogP contribution in [-0.2, 0) is 4.74 Å². The molecule has 0 heterocycles. The van der Waals surface area contributed by atoms with E-state index in [1.165, 1.54) is 6.07 Å². The molecule has 0 saturated heterocycles. The van der Waals surface area contributed by atoms with Gasteiger partial charge in [-0.1, -0.05) is 0 Å². The lowest BCUT2D eigenvalue weighted by Gasteiger charge is -2.20. The van der Waals surface area contributed by atoms with Gasteiger partial charge < -0.3 is 9.84 Å². The fourth-order valence-electron chi connectivity index (χ4n) is 1.39. The van der Waals surface area contributed by atoms with Crippen LogP contribution in [0.4, 0.5) is 10.5 Å². The van der Waals surface area contributed by atoms with Crippen LogP contribution >= 0.6 is 0 Å². The maximum Gasteiger partial charge on any atom is 0.412 e. The maximum atomic E-state index is 11.5. The molecule has 0 aliphatic rings. The SMILES string of the molecule is Cc1cc(NC(=O)OC(C)(C)C)cc(C=O)c1O. The van der Waals surface area contributed by atoms with Gasteiger partial charge in [0.1, 0.15) is 11.4 Å². The first kappa shape index (κ1) is 14.0. The minimum absolute atomic E-state index is 0.0836. The monoisotopic (exact) mass is 251 g/mol. The summed E-state index contributed by atoms with van der Waals surface area (Å²) in [5.74, 6) is -0.0836. The van der Waals surface area contributed by atoms with Crippen molar-refractivity contribution in [2.75, 3.05) is 5.32 Å². The van der Waals surface area contributed by atoms with Gasteiger partial charge in [-0.05, 0) is 45.4 Å². The molecule has 1 amide bonds. The summed E-state index contributed by atoms with van der Waals surface area (Å²) in [4.78, 5) is 22.3. The van der Waals surface area contributed by atoms with E-state index in [0.29, 0.717) is 17.5 Å². The highest BCUT2D eigenvalue weighted by molar-refractivity contribution is 5.89. The molecule has 0 aromatic heterocycles. The van der Waals surface area contributed by atoms with Crippen LogP contribution in [0, 0.1) is 6.92 Å². The van der Waals surface area contributed by atoms with Crippen molar-refractivity contribution in [1.29, 1.82) is 0 Å². The van der Waals surface area contributed by atoms with Crippen molar-refractivity contribution in [3.63, 3.8) is 0 Å². The summed E-state index contributed by atoms with van der Waals surface area (Å²) in [6.07, 6.45) is -0.0766. The Kier molecular flexibility index (Phi) is 3.96. The molecule has 0 fully saturated rings. The first-order valence-electron chi connectivity index (χ1n) is 5.52. The summed E-state index contributed by atoms with van der Waals surface area (Å²) in [5.41, 5.74) is 0.442. The highest BCUT2D eigenvalue weighted by Gasteiger charge is 2.17. The Morgan fingerprint density at radius 2 is 2.00 bits per heavy atom. The van der Waals surface area contributed by atoms with Gasteiger partial charge >= 0.3 is 6.09 Å². The number of hydrogen-bond acceptors (Lipinski definition) is 4. The van der Waals surface area contributed by atoms with E-state index in [1.54, 1.807) is 33.8 Å². The zero-order chi connectivity index (χ0) is 13.9. The summed E-state index contributed by atoms with van der Waals surface area (Å²) in [6, 6.07) is 2.95. The van der Waals surface area contributed by atoms with Gasteiger partial charge in [0.05, 0.1) is 5.56 Å². The van der Waals surface area contributed by atoms with Crippen LogP contribution in [0.2, 0.25) is 0 Å². The fraction of sp³-hybridized carbons (Fsp3) is 0.385. The summed E-state index contributed by atoms with van der Waals surface area (Å²) < 4.78 is 5.08. The fourth-order valence-corrected chi connectivity index (χ4v) is 1.39. The van der Waals surface area contributed by atoms with E-state index in [0.717, 1.165) is 0 Å². The number of carbonyl (C=O) groups is 2. The molecule has 1 aromatic carbocycles. The molecule has 98 valence electrons. The van der Waals surface area contributed by atoms with Crippen molar-refractivity contribution < 1.29 is 19.4 Å². The van der Waals surface area contributed by atoms with Gasteiger partial charge in [-0.15, -0.1) is 0 Å². The Morgan fingerprint density at radius 3 is 2.50 bits per heavy atom. The molecule has 1 aromatic rings. The number of aldehydes is 1. The molecule has 0 unspecified atom stereocenters. The summed E-state index contributed by atoms with van der Waals surface area (Å²) in [6.45, 7) is 6.91. The molecule has 1 rings (SSSR count). The van der Waals surface area contributed by atoms with Crippen LogP contribution in [0.1, 0.15) is 36.7 Å². The number of amides is 1. The molecule has 0 radical (unpaired) electrons. The molecule has 0 saturated carbocycles. The number of nitrogens with one attached hydrogen (secondary N) is 1. The predicted octanol–water partition coefficient (Wildman–Crippen LogP) is 2.86. The smallest absolute Gasteiger partial charge is 0.412 e. The Labute approximate surface area is 106 Å². The van der Waals surface area contributed by atoms with Crippen molar-refractivity contribution in [2.45, 2.75) is 33.3 Å². The minimum atomic E-state index is -0.607. The number of carbonyl (C=O) groups excluding carboxylic acids is 2. The maximum absolute atomic E-state index is 11.5. The third kappa shape index (κ3) is 3.76. The summed E-state index contributed by atoms with van der Waals surface area (Å²) in [7, 11) is 0. The van der Waals surface area contributed by atoms with Crippen molar-refractivity contribution in [1.82, 2.24) is 0 Å². The summed E-state index contributed by atoms with van der Waals surface area (Å²) >= 11 is 0. The number of hydrogen-bond donors (Lipinski definition) is 2. The second-order valence-electron chi connectivity index (χ2n) is 4.98. The number of aryl methyl sites for hydroxylation is 1. The molecule has 5 heteroatoms. The Bertz CT molecular complexity index is 475. The molecule has 0 atom stereocenters. The number of ether oxygens (including phenoxy) is 1. The second-order valence-corrected chi connectivity index (χ2v) is 4.98. The van der Waals surface area contributed by atoms with Gasteiger partial charge in [-0.3, -0.25) is 10.1 Å². The molecule has 0 spiro atoms. The van der Waals surface area contributed by atoms with Crippen molar-refractivity contribution in [3.8, 4) is 5.75 Å². The van der Waals surface area contributed by atoms with E-state index < -0.39 is 11.7 Å². The largest absolute Gasteiger partial charge is 0.507 e. The average molecular weight is 251 g/mol.